The molecule has 0 heterocycles. The number of ether oxygens (including phenoxy) is 2. The Hall–Kier alpha value is -0.410. The Labute approximate surface area is 156 Å². The summed E-state index contributed by atoms with van der Waals surface area (Å²) in [6, 6.07) is 0. The van der Waals surface area contributed by atoms with Crippen LogP contribution >= 0.6 is 0 Å². The van der Waals surface area contributed by atoms with Crippen molar-refractivity contribution < 1.29 is 13.9 Å². The average molecular weight is 358 g/mol. The minimum absolute atomic E-state index is 0.192. The van der Waals surface area contributed by atoms with Gasteiger partial charge in [0.1, 0.15) is 6.67 Å². The number of halogens is 1. The zero-order valence-corrected chi connectivity index (χ0v) is 16.8. The fourth-order valence-corrected chi connectivity index (χ4v) is 2.83. The minimum atomic E-state index is -0.408. The van der Waals surface area contributed by atoms with Crippen molar-refractivity contribution in [2.24, 2.45) is 0 Å². The SMILES string of the molecule is CCCCCCCC/C=C\CCCCCCCCOCCOCC[18F]. The molecule has 0 saturated carbocycles. The summed E-state index contributed by atoms with van der Waals surface area (Å²) in [6.45, 7) is 3.96. The van der Waals surface area contributed by atoms with Gasteiger partial charge in [0.15, 0.2) is 0 Å². The summed E-state index contributed by atoms with van der Waals surface area (Å²) in [6.07, 6.45) is 23.3. The molecule has 3 heteroatoms. The van der Waals surface area contributed by atoms with E-state index < -0.39 is 6.67 Å². The summed E-state index contributed by atoms with van der Waals surface area (Å²) >= 11 is 0. The van der Waals surface area contributed by atoms with Gasteiger partial charge in [0.25, 0.3) is 0 Å². The number of allylic oxidation sites excluding steroid dienone is 2. The van der Waals surface area contributed by atoms with E-state index in [0.29, 0.717) is 13.2 Å². The topological polar surface area (TPSA) is 18.5 Å². The highest BCUT2D eigenvalue weighted by atomic mass is 18.2. The van der Waals surface area contributed by atoms with Crippen LogP contribution in [0, 0.1) is 0 Å². The first kappa shape index (κ1) is 24.6. The molecule has 0 aliphatic heterocycles. The molecule has 0 aliphatic carbocycles. The smallest absolute Gasteiger partial charge is 0.113 e. The monoisotopic (exact) mass is 357 g/mol. The lowest BCUT2D eigenvalue weighted by molar-refractivity contribution is 0.0415. The summed E-state index contributed by atoms with van der Waals surface area (Å²) in [5.41, 5.74) is 0. The predicted molar refractivity (Wildman–Crippen MR) is 107 cm³/mol. The van der Waals surface area contributed by atoms with Crippen LogP contribution in [-0.2, 0) is 9.47 Å². The molecule has 0 bridgehead atoms. The molecule has 0 amide bonds. The van der Waals surface area contributed by atoms with E-state index in [2.05, 4.69) is 19.1 Å². The molecular weight excluding hydrogens is 314 g/mol. The van der Waals surface area contributed by atoms with Gasteiger partial charge in [0.2, 0.25) is 0 Å². The Kier molecular flexibility index (Phi) is 23.2. The van der Waals surface area contributed by atoms with Crippen LogP contribution in [0.15, 0.2) is 12.2 Å². The quantitative estimate of drug-likeness (QED) is 0.162. The number of hydrogen-bond donors (Lipinski definition) is 0. The molecule has 0 N–H and O–H groups in total. The van der Waals surface area contributed by atoms with Gasteiger partial charge in [-0.2, -0.15) is 0 Å². The number of hydrogen-bond acceptors (Lipinski definition) is 2. The van der Waals surface area contributed by atoms with E-state index in [1.165, 1.54) is 83.5 Å². The largest absolute Gasteiger partial charge is 0.379 e. The van der Waals surface area contributed by atoms with Gasteiger partial charge in [0.05, 0.1) is 19.8 Å². The maximum Gasteiger partial charge on any atom is 0.113 e. The highest BCUT2D eigenvalue weighted by molar-refractivity contribution is 4.81. The molecule has 150 valence electrons. The summed E-state index contributed by atoms with van der Waals surface area (Å²) in [4.78, 5) is 0. The predicted octanol–water partition coefficient (Wildman–Crippen LogP) is 7.03. The minimum Gasteiger partial charge on any atom is -0.379 e. The molecule has 0 aliphatic rings. The summed E-state index contributed by atoms with van der Waals surface area (Å²) < 4.78 is 22.2. The Bertz CT molecular complexity index is 256. The molecular formula is C22H43FO2. The van der Waals surface area contributed by atoms with Crippen molar-refractivity contribution in [2.75, 3.05) is 33.1 Å². The number of rotatable bonds is 21. The molecule has 25 heavy (non-hydrogen) atoms. The van der Waals surface area contributed by atoms with Crippen molar-refractivity contribution in [3.8, 4) is 0 Å². The molecule has 0 atom stereocenters. The molecule has 0 aromatic rings. The van der Waals surface area contributed by atoms with Gasteiger partial charge < -0.3 is 9.47 Å². The highest BCUT2D eigenvalue weighted by Gasteiger charge is 1.93. The fraction of sp³-hybridized carbons (Fsp3) is 0.909. The molecule has 0 spiro atoms. The molecule has 0 fully saturated rings. The second-order valence-corrected chi connectivity index (χ2v) is 6.85. The molecule has 0 unspecified atom stereocenters. The summed E-state index contributed by atoms with van der Waals surface area (Å²) in [7, 11) is 0. The maximum atomic E-state index is 11.8. The van der Waals surface area contributed by atoms with Crippen molar-refractivity contribution in [3.63, 3.8) is 0 Å². The van der Waals surface area contributed by atoms with E-state index in [0.717, 1.165) is 13.0 Å². The van der Waals surface area contributed by atoms with E-state index in [4.69, 9.17) is 9.47 Å². The van der Waals surface area contributed by atoms with Crippen molar-refractivity contribution in [1.29, 1.82) is 0 Å². The van der Waals surface area contributed by atoms with Gasteiger partial charge in [-0.15, -0.1) is 0 Å². The first-order valence-electron chi connectivity index (χ1n) is 10.8. The zero-order valence-electron chi connectivity index (χ0n) is 16.8. The van der Waals surface area contributed by atoms with Crippen LogP contribution in [0.5, 0.6) is 0 Å². The molecule has 0 saturated heterocycles. The molecule has 0 aromatic carbocycles. The van der Waals surface area contributed by atoms with Crippen LogP contribution in [0.3, 0.4) is 0 Å². The standard InChI is InChI=1S/C22H43FO2/c1-2-3-4-5-6-7-8-9-10-11-12-13-14-15-16-17-19-24-21-22-25-20-18-23/h9-10H,2-8,11-22H2,1H3/b10-9-/i23-1. The van der Waals surface area contributed by atoms with Gasteiger partial charge in [-0.25, -0.2) is 4.39 Å². The third-order valence-electron chi connectivity index (χ3n) is 4.39. The van der Waals surface area contributed by atoms with Crippen LogP contribution in [0.2, 0.25) is 0 Å². The number of alkyl halides is 1. The third kappa shape index (κ3) is 23.6. The van der Waals surface area contributed by atoms with E-state index in [9.17, 15) is 4.39 Å². The van der Waals surface area contributed by atoms with E-state index >= 15 is 0 Å². The van der Waals surface area contributed by atoms with Crippen LogP contribution in [-0.4, -0.2) is 33.1 Å². The Morgan fingerprint density at radius 3 is 1.60 bits per heavy atom. The van der Waals surface area contributed by atoms with Gasteiger partial charge >= 0.3 is 0 Å². The lowest BCUT2D eigenvalue weighted by Crippen LogP contribution is -2.06. The normalized spacial score (nSPS) is 11.6. The van der Waals surface area contributed by atoms with Crippen LogP contribution < -0.4 is 0 Å². The molecule has 0 aromatic heterocycles. The Morgan fingerprint density at radius 2 is 1.04 bits per heavy atom. The van der Waals surface area contributed by atoms with Crippen molar-refractivity contribution in [1.82, 2.24) is 0 Å². The second kappa shape index (κ2) is 23.6. The van der Waals surface area contributed by atoms with E-state index in [1.54, 1.807) is 0 Å². The van der Waals surface area contributed by atoms with Gasteiger partial charge in [-0.1, -0.05) is 76.9 Å². The van der Waals surface area contributed by atoms with Gasteiger partial charge in [-0.05, 0) is 32.1 Å². The van der Waals surface area contributed by atoms with Crippen LogP contribution in [0.4, 0.5) is 4.39 Å². The van der Waals surface area contributed by atoms with Crippen LogP contribution in [0.1, 0.15) is 96.8 Å². The first-order chi connectivity index (χ1) is 12.4. The average Bonchev–Trinajstić information content (AvgIpc) is 2.63. The summed E-state index contributed by atoms with van der Waals surface area (Å²) in [5.74, 6) is 0. The number of unbranched alkanes of at least 4 members (excludes halogenated alkanes) is 12. The van der Waals surface area contributed by atoms with Gasteiger partial charge in [-0.3, -0.25) is 0 Å². The second-order valence-electron chi connectivity index (χ2n) is 6.85. The fourth-order valence-electron chi connectivity index (χ4n) is 2.83. The third-order valence-corrected chi connectivity index (χ3v) is 4.39. The van der Waals surface area contributed by atoms with Crippen LogP contribution in [0.25, 0.3) is 0 Å². The van der Waals surface area contributed by atoms with Crippen molar-refractivity contribution in [2.45, 2.75) is 96.8 Å². The summed E-state index contributed by atoms with van der Waals surface area (Å²) in [5, 5.41) is 0. The maximum absolute atomic E-state index is 11.8. The lowest BCUT2D eigenvalue weighted by Gasteiger charge is -2.04. The molecule has 2 nitrogen and oxygen atoms in total. The highest BCUT2D eigenvalue weighted by Crippen LogP contribution is 2.09. The van der Waals surface area contributed by atoms with Gasteiger partial charge in [0, 0.05) is 6.61 Å². The zero-order chi connectivity index (χ0) is 18.3. The van der Waals surface area contributed by atoms with E-state index in [1.807, 2.05) is 0 Å². The van der Waals surface area contributed by atoms with Crippen molar-refractivity contribution in [3.05, 3.63) is 12.2 Å². The van der Waals surface area contributed by atoms with Crippen molar-refractivity contribution >= 4 is 0 Å². The first-order valence-corrected chi connectivity index (χ1v) is 10.8. The van der Waals surface area contributed by atoms with E-state index in [-0.39, 0.29) is 6.61 Å². The molecule has 0 rings (SSSR count). The Balaban J connectivity index is 3.03. The lowest BCUT2D eigenvalue weighted by atomic mass is 10.1. The Morgan fingerprint density at radius 1 is 0.560 bits per heavy atom. The molecule has 0 radical (unpaired) electrons.